The highest BCUT2D eigenvalue weighted by Crippen LogP contribution is 2.26. The van der Waals surface area contributed by atoms with Crippen LogP contribution in [-0.2, 0) is 11.2 Å². The Morgan fingerprint density at radius 1 is 1.53 bits per heavy atom. The molecule has 1 N–H and O–H groups in total. The van der Waals surface area contributed by atoms with Gasteiger partial charge in [-0.25, -0.2) is 4.39 Å². The molecule has 0 saturated heterocycles. The third-order valence-corrected chi connectivity index (χ3v) is 3.35. The summed E-state index contributed by atoms with van der Waals surface area (Å²) in [5, 5.41) is 8.49. The predicted octanol–water partition coefficient (Wildman–Crippen LogP) is 4.64. The molecule has 0 radical (unpaired) electrons. The van der Waals surface area contributed by atoms with E-state index in [2.05, 4.69) is 6.92 Å². The van der Waals surface area contributed by atoms with Crippen molar-refractivity contribution < 1.29 is 18.5 Å². The van der Waals surface area contributed by atoms with Gasteiger partial charge >= 0.3 is 5.97 Å². The first-order valence-corrected chi connectivity index (χ1v) is 9.26. The van der Waals surface area contributed by atoms with Gasteiger partial charge in [0.1, 0.15) is 20.8 Å². The Kier molecular flexibility index (Phi) is 7.52. The van der Waals surface area contributed by atoms with E-state index in [-0.39, 0.29) is 6.42 Å². The van der Waals surface area contributed by atoms with Crippen LogP contribution in [0.4, 0.5) is 4.39 Å². The average Bonchev–Trinajstić information content (AvgIpc) is 3.10. The first-order chi connectivity index (χ1) is 9.01. The third kappa shape index (κ3) is 8.30. The monoisotopic (exact) mass is 398 g/mol. The fourth-order valence-electron chi connectivity index (χ4n) is 1.27. The van der Waals surface area contributed by atoms with Crippen molar-refractivity contribution in [3.63, 3.8) is 0 Å². The van der Waals surface area contributed by atoms with Gasteiger partial charge in [-0.05, 0) is 30.0 Å². The molecule has 1 saturated carbocycles. The number of hydrogen-bond acceptors (Lipinski definition) is 3. The fourth-order valence-corrected chi connectivity index (χ4v) is 2.06. The maximum Gasteiger partial charge on any atom is 0.303 e. The van der Waals surface area contributed by atoms with E-state index in [9.17, 15) is 9.18 Å². The van der Waals surface area contributed by atoms with E-state index in [1.807, 2.05) is 21.2 Å². The molecule has 19 heavy (non-hydrogen) atoms. The van der Waals surface area contributed by atoms with Crippen molar-refractivity contribution in [2.75, 3.05) is 0 Å². The molecule has 0 aromatic heterocycles. The number of hydrogen-bond donors (Lipinski definition) is 1. The second-order valence-corrected chi connectivity index (χ2v) is 5.89. The van der Waals surface area contributed by atoms with Gasteiger partial charge < -0.3 is 9.29 Å². The highest BCUT2D eigenvalue weighted by Gasteiger charge is 2.12. The number of rotatable bonds is 5. The average molecular weight is 398 g/mol. The minimum absolute atomic E-state index is 0.0136. The van der Waals surface area contributed by atoms with E-state index < -0.39 is 11.8 Å². The Morgan fingerprint density at radius 2 is 2.16 bits per heavy atom. The van der Waals surface area contributed by atoms with Crippen molar-refractivity contribution in [3.8, 4) is 5.75 Å². The molecular weight excluding hydrogens is 382 g/mol. The molecule has 0 bridgehead atoms. The summed E-state index contributed by atoms with van der Waals surface area (Å²) in [5.74, 6) is 0.165. The minimum atomic E-state index is -0.898. The number of aryl methyl sites for hydroxylation is 1. The molecule has 1 aliphatic carbocycles. The van der Waals surface area contributed by atoms with Crippen molar-refractivity contribution >= 4 is 36.4 Å². The number of benzene rings is 1. The number of carbonyl (C=O) groups is 1. The maximum atomic E-state index is 13.0. The lowest BCUT2D eigenvalue weighted by Gasteiger charge is -2.03. The number of carboxylic acids is 1. The summed E-state index contributed by atoms with van der Waals surface area (Å²) in [5.41, 5.74) is 0.623. The predicted molar refractivity (Wildman–Crippen MR) is 83.0 cm³/mol. The molecule has 0 heterocycles. The summed E-state index contributed by atoms with van der Waals surface area (Å²) < 4.78 is 18.1. The largest absolute Gasteiger partial charge is 0.481 e. The highest BCUT2D eigenvalue weighted by atomic mass is 127. The first kappa shape index (κ1) is 16.6. The first-order valence-electron chi connectivity index (χ1n) is 5.97. The summed E-state index contributed by atoms with van der Waals surface area (Å²) in [6, 6.07) is 4.21. The van der Waals surface area contributed by atoms with Crippen molar-refractivity contribution in [1.82, 2.24) is 0 Å². The second kappa shape index (κ2) is 8.63. The molecule has 1 aromatic rings. The van der Waals surface area contributed by atoms with Gasteiger partial charge in [-0.1, -0.05) is 19.8 Å². The Hall–Kier alpha value is -0.500. The van der Waals surface area contributed by atoms with Gasteiger partial charge in [0.25, 0.3) is 0 Å². The lowest BCUT2D eigenvalue weighted by atomic mass is 10.1. The van der Waals surface area contributed by atoms with Crippen molar-refractivity contribution in [2.24, 2.45) is 5.92 Å². The van der Waals surface area contributed by atoms with Crippen molar-refractivity contribution in [1.29, 1.82) is 0 Å². The SMILES string of the molecule is CC1CC1.O=C(O)CCc1cc(F)cc(OSI)c1. The Labute approximate surface area is 128 Å². The van der Waals surface area contributed by atoms with Crippen LogP contribution in [-0.4, -0.2) is 11.1 Å². The van der Waals surface area contributed by atoms with Crippen LogP contribution < -0.4 is 4.18 Å². The van der Waals surface area contributed by atoms with Gasteiger partial charge in [-0.15, -0.1) is 0 Å². The van der Waals surface area contributed by atoms with E-state index in [1.54, 1.807) is 6.07 Å². The van der Waals surface area contributed by atoms with Gasteiger partial charge in [-0.2, -0.15) is 0 Å². The summed E-state index contributed by atoms with van der Waals surface area (Å²) in [7, 11) is 1.08. The van der Waals surface area contributed by atoms with E-state index in [0.717, 1.165) is 15.1 Å². The topological polar surface area (TPSA) is 46.5 Å². The van der Waals surface area contributed by atoms with Crippen molar-refractivity contribution in [2.45, 2.75) is 32.6 Å². The molecule has 0 amide bonds. The van der Waals surface area contributed by atoms with Crippen LogP contribution in [0.15, 0.2) is 18.2 Å². The number of aliphatic carboxylic acids is 1. The van der Waals surface area contributed by atoms with Crippen LogP contribution in [0.3, 0.4) is 0 Å². The highest BCUT2D eigenvalue weighted by molar-refractivity contribution is 14.2. The summed E-state index contributed by atoms with van der Waals surface area (Å²) >= 11 is 1.92. The maximum absolute atomic E-state index is 13.0. The molecule has 0 atom stereocenters. The second-order valence-electron chi connectivity index (χ2n) is 4.52. The Balaban J connectivity index is 0.000000382. The standard InChI is InChI=1S/C9H8FIO3S.C4H8/c10-7-3-6(1-2-9(12)13)4-8(5-7)14-15-11;1-4-2-3-4/h3-5H,1-2H2,(H,12,13);4H,2-3H2,1H3. The van der Waals surface area contributed by atoms with Gasteiger partial charge in [0.2, 0.25) is 0 Å². The van der Waals surface area contributed by atoms with Crippen LogP contribution in [0.5, 0.6) is 5.75 Å². The Bertz CT molecular complexity index is 424. The molecule has 1 aliphatic rings. The summed E-state index contributed by atoms with van der Waals surface area (Å²) in [6.07, 6.45) is 3.26. The smallest absolute Gasteiger partial charge is 0.303 e. The Morgan fingerprint density at radius 3 is 2.63 bits per heavy atom. The van der Waals surface area contributed by atoms with Gasteiger partial charge in [0.15, 0.2) is 0 Å². The zero-order chi connectivity index (χ0) is 14.3. The summed E-state index contributed by atoms with van der Waals surface area (Å²) in [4.78, 5) is 10.3. The van der Waals surface area contributed by atoms with E-state index in [1.165, 1.54) is 25.0 Å². The molecule has 106 valence electrons. The molecule has 1 fully saturated rings. The fraction of sp³-hybridized carbons (Fsp3) is 0.462. The molecule has 0 spiro atoms. The van der Waals surface area contributed by atoms with Crippen LogP contribution in [0.1, 0.15) is 31.7 Å². The lowest BCUT2D eigenvalue weighted by molar-refractivity contribution is -0.136. The molecule has 0 aliphatic heterocycles. The third-order valence-electron chi connectivity index (χ3n) is 2.55. The zero-order valence-corrected chi connectivity index (χ0v) is 13.5. The van der Waals surface area contributed by atoms with Crippen LogP contribution in [0, 0.1) is 11.7 Å². The summed E-state index contributed by atoms with van der Waals surface area (Å²) in [6.45, 7) is 2.28. The molecule has 6 heteroatoms. The van der Waals surface area contributed by atoms with Gasteiger partial charge in [-0.3, -0.25) is 4.79 Å². The normalized spacial score (nSPS) is 13.4. The van der Waals surface area contributed by atoms with Crippen LogP contribution in [0.25, 0.3) is 0 Å². The zero-order valence-electron chi connectivity index (χ0n) is 10.6. The molecule has 1 aromatic carbocycles. The molecule has 0 unspecified atom stereocenters. The molecular formula is C13H16FIO3S. The van der Waals surface area contributed by atoms with Gasteiger partial charge in [0.05, 0.1) is 0 Å². The lowest BCUT2D eigenvalue weighted by Crippen LogP contribution is -1.98. The molecule has 2 rings (SSSR count). The van der Waals surface area contributed by atoms with E-state index in [4.69, 9.17) is 9.29 Å². The minimum Gasteiger partial charge on any atom is -0.481 e. The van der Waals surface area contributed by atoms with Crippen molar-refractivity contribution in [3.05, 3.63) is 29.6 Å². The van der Waals surface area contributed by atoms with E-state index >= 15 is 0 Å². The number of carboxylic acid groups (broad SMARTS) is 1. The van der Waals surface area contributed by atoms with Crippen LogP contribution >= 0.6 is 30.4 Å². The number of halogens is 2. The quantitative estimate of drug-likeness (QED) is 0.580. The molecule has 3 nitrogen and oxygen atoms in total. The van der Waals surface area contributed by atoms with Gasteiger partial charge in [0, 0.05) is 33.7 Å². The van der Waals surface area contributed by atoms with E-state index in [0.29, 0.717) is 17.7 Å². The van der Waals surface area contributed by atoms with Crippen LogP contribution in [0.2, 0.25) is 0 Å².